The van der Waals surface area contributed by atoms with Gasteiger partial charge in [-0.1, -0.05) is 30.3 Å². The van der Waals surface area contributed by atoms with Gasteiger partial charge in [0.05, 0.1) is 0 Å². The van der Waals surface area contributed by atoms with E-state index in [9.17, 15) is 13.2 Å². The van der Waals surface area contributed by atoms with Crippen LogP contribution in [-0.2, 0) is 6.42 Å². The van der Waals surface area contributed by atoms with Crippen molar-refractivity contribution in [3.05, 3.63) is 35.9 Å². The van der Waals surface area contributed by atoms with Gasteiger partial charge in [-0.05, 0) is 31.7 Å². The van der Waals surface area contributed by atoms with E-state index >= 15 is 0 Å². The van der Waals surface area contributed by atoms with Crippen LogP contribution in [0.5, 0.6) is 0 Å². The Balaban J connectivity index is 1.93. The molecule has 1 atom stereocenters. The summed E-state index contributed by atoms with van der Waals surface area (Å²) in [6.07, 6.45) is -3.10. The van der Waals surface area contributed by atoms with Crippen molar-refractivity contribution in [2.45, 2.75) is 43.9 Å². The average Bonchev–Trinajstić information content (AvgIpc) is 2.99. The van der Waals surface area contributed by atoms with Crippen molar-refractivity contribution >= 4 is 0 Å². The molecule has 0 spiro atoms. The molecular formula is C13H16F3N. The summed E-state index contributed by atoms with van der Waals surface area (Å²) in [7, 11) is 0. The molecule has 4 heteroatoms. The van der Waals surface area contributed by atoms with Gasteiger partial charge in [0.15, 0.2) is 0 Å². The SMILES string of the molecule is CC(Cc1ccccc1)NC1(C(F)(F)F)CC1. The fourth-order valence-corrected chi connectivity index (χ4v) is 2.12. The zero-order valence-electron chi connectivity index (χ0n) is 9.72. The van der Waals surface area contributed by atoms with Gasteiger partial charge >= 0.3 is 6.18 Å². The highest BCUT2D eigenvalue weighted by Gasteiger charge is 2.63. The number of alkyl halides is 3. The summed E-state index contributed by atoms with van der Waals surface area (Å²) in [5, 5.41) is 2.73. The molecule has 1 saturated carbocycles. The summed E-state index contributed by atoms with van der Waals surface area (Å²) >= 11 is 0. The van der Waals surface area contributed by atoms with Gasteiger partial charge in [0.25, 0.3) is 0 Å². The minimum Gasteiger partial charge on any atom is -0.301 e. The summed E-state index contributed by atoms with van der Waals surface area (Å²) in [4.78, 5) is 0. The summed E-state index contributed by atoms with van der Waals surface area (Å²) in [6.45, 7) is 1.80. The van der Waals surface area contributed by atoms with Gasteiger partial charge < -0.3 is 5.32 Å². The van der Waals surface area contributed by atoms with Crippen molar-refractivity contribution in [3.63, 3.8) is 0 Å². The number of halogens is 3. The maximum Gasteiger partial charge on any atom is 0.406 e. The van der Waals surface area contributed by atoms with Crippen molar-refractivity contribution < 1.29 is 13.2 Å². The molecule has 1 aliphatic carbocycles. The normalized spacial score (nSPS) is 20.0. The molecule has 1 aliphatic rings. The smallest absolute Gasteiger partial charge is 0.301 e. The highest BCUT2D eigenvalue weighted by molar-refractivity contribution is 5.17. The lowest BCUT2D eigenvalue weighted by Crippen LogP contribution is -2.49. The predicted octanol–water partition coefficient (Wildman–Crippen LogP) is 3.30. The van der Waals surface area contributed by atoms with Gasteiger partial charge in [-0.3, -0.25) is 0 Å². The topological polar surface area (TPSA) is 12.0 Å². The van der Waals surface area contributed by atoms with Crippen LogP contribution in [0.25, 0.3) is 0 Å². The molecular weight excluding hydrogens is 227 g/mol. The van der Waals surface area contributed by atoms with Gasteiger partial charge in [-0.25, -0.2) is 0 Å². The second-order valence-electron chi connectivity index (χ2n) is 4.81. The van der Waals surface area contributed by atoms with E-state index in [4.69, 9.17) is 0 Å². The van der Waals surface area contributed by atoms with E-state index in [0.29, 0.717) is 6.42 Å². The van der Waals surface area contributed by atoms with Gasteiger partial charge in [0.1, 0.15) is 5.54 Å². The number of nitrogens with one attached hydrogen (secondary N) is 1. The molecule has 94 valence electrons. The van der Waals surface area contributed by atoms with E-state index in [1.165, 1.54) is 0 Å². The first-order valence-corrected chi connectivity index (χ1v) is 5.81. The van der Waals surface area contributed by atoms with Gasteiger partial charge in [0, 0.05) is 6.04 Å². The monoisotopic (exact) mass is 243 g/mol. The largest absolute Gasteiger partial charge is 0.406 e. The van der Waals surface area contributed by atoms with Crippen LogP contribution in [0.15, 0.2) is 30.3 Å². The molecule has 17 heavy (non-hydrogen) atoms. The number of hydrogen-bond donors (Lipinski definition) is 1. The van der Waals surface area contributed by atoms with Crippen molar-refractivity contribution in [2.75, 3.05) is 0 Å². The maximum atomic E-state index is 12.7. The maximum absolute atomic E-state index is 12.7. The lowest BCUT2D eigenvalue weighted by molar-refractivity contribution is -0.167. The van der Waals surface area contributed by atoms with Crippen LogP contribution in [0.3, 0.4) is 0 Å². The Morgan fingerprint density at radius 2 is 1.82 bits per heavy atom. The summed E-state index contributed by atoms with van der Waals surface area (Å²) in [5.41, 5.74) is -0.549. The second kappa shape index (κ2) is 4.33. The third-order valence-corrected chi connectivity index (χ3v) is 3.20. The lowest BCUT2D eigenvalue weighted by Gasteiger charge is -2.25. The van der Waals surface area contributed by atoms with Crippen molar-refractivity contribution in [1.82, 2.24) is 5.32 Å². The lowest BCUT2D eigenvalue weighted by atomic mass is 10.1. The van der Waals surface area contributed by atoms with Crippen LogP contribution in [0.4, 0.5) is 13.2 Å². The Morgan fingerprint density at radius 3 is 2.29 bits per heavy atom. The highest BCUT2D eigenvalue weighted by atomic mass is 19.4. The Morgan fingerprint density at radius 1 is 1.24 bits per heavy atom. The molecule has 1 N–H and O–H groups in total. The first-order valence-electron chi connectivity index (χ1n) is 5.81. The van der Waals surface area contributed by atoms with E-state index in [0.717, 1.165) is 5.56 Å². The van der Waals surface area contributed by atoms with Crippen molar-refractivity contribution in [1.29, 1.82) is 0 Å². The quantitative estimate of drug-likeness (QED) is 0.855. The number of rotatable bonds is 4. The molecule has 1 aromatic rings. The standard InChI is InChI=1S/C13H16F3N/c1-10(9-11-5-3-2-4-6-11)17-12(7-8-12)13(14,15)16/h2-6,10,17H,7-9H2,1H3. The Labute approximate surface area is 99.0 Å². The van der Waals surface area contributed by atoms with Crippen LogP contribution >= 0.6 is 0 Å². The van der Waals surface area contributed by atoms with Crippen LogP contribution < -0.4 is 5.32 Å². The third kappa shape index (κ3) is 2.80. The van der Waals surface area contributed by atoms with Crippen molar-refractivity contribution in [3.8, 4) is 0 Å². The summed E-state index contributed by atoms with van der Waals surface area (Å²) < 4.78 is 38.2. The second-order valence-corrected chi connectivity index (χ2v) is 4.81. The molecule has 0 radical (unpaired) electrons. The fraction of sp³-hybridized carbons (Fsp3) is 0.538. The molecule has 0 aromatic heterocycles. The fourth-order valence-electron chi connectivity index (χ4n) is 2.12. The van der Waals surface area contributed by atoms with Gasteiger partial charge in [-0.2, -0.15) is 13.2 Å². The first kappa shape index (κ1) is 12.4. The Kier molecular flexibility index (Phi) is 3.17. The predicted molar refractivity (Wildman–Crippen MR) is 60.8 cm³/mol. The Bertz CT molecular complexity index is 368. The van der Waals surface area contributed by atoms with E-state index in [2.05, 4.69) is 5.32 Å². The van der Waals surface area contributed by atoms with Gasteiger partial charge in [-0.15, -0.1) is 0 Å². The van der Waals surface area contributed by atoms with Crippen LogP contribution in [0.2, 0.25) is 0 Å². The van der Waals surface area contributed by atoms with Crippen LogP contribution in [0, 0.1) is 0 Å². The molecule has 1 nitrogen and oxygen atoms in total. The molecule has 0 aliphatic heterocycles. The molecule has 1 aromatic carbocycles. The number of hydrogen-bond acceptors (Lipinski definition) is 1. The molecule has 2 rings (SSSR count). The van der Waals surface area contributed by atoms with Gasteiger partial charge in [0.2, 0.25) is 0 Å². The molecule has 1 unspecified atom stereocenters. The average molecular weight is 243 g/mol. The van der Waals surface area contributed by atoms with Crippen molar-refractivity contribution in [2.24, 2.45) is 0 Å². The molecule has 1 fully saturated rings. The van der Waals surface area contributed by atoms with Crippen LogP contribution in [0.1, 0.15) is 25.3 Å². The minimum absolute atomic E-state index is 0.165. The zero-order chi connectivity index (χ0) is 12.5. The summed E-state index contributed by atoms with van der Waals surface area (Å²) in [5.74, 6) is 0. The van der Waals surface area contributed by atoms with Crippen LogP contribution in [-0.4, -0.2) is 17.8 Å². The Hall–Kier alpha value is -1.03. The molecule has 0 amide bonds. The van der Waals surface area contributed by atoms with E-state index in [1.54, 1.807) is 6.92 Å². The minimum atomic E-state index is -4.13. The number of benzene rings is 1. The van der Waals surface area contributed by atoms with E-state index < -0.39 is 11.7 Å². The first-order chi connectivity index (χ1) is 7.93. The third-order valence-electron chi connectivity index (χ3n) is 3.20. The molecule has 0 bridgehead atoms. The van der Waals surface area contributed by atoms with E-state index in [-0.39, 0.29) is 18.9 Å². The zero-order valence-corrected chi connectivity index (χ0v) is 9.72. The van der Waals surface area contributed by atoms with E-state index in [1.807, 2.05) is 30.3 Å². The molecule has 0 saturated heterocycles. The molecule has 0 heterocycles. The summed E-state index contributed by atoms with van der Waals surface area (Å²) in [6, 6.07) is 9.41. The highest BCUT2D eigenvalue weighted by Crippen LogP contribution is 2.49.